The summed E-state index contributed by atoms with van der Waals surface area (Å²) in [5, 5.41) is 9.27. The first-order valence-electron chi connectivity index (χ1n) is 8.80. The molecule has 2 aromatic heterocycles. The first-order valence-corrected chi connectivity index (χ1v) is 8.80. The van der Waals surface area contributed by atoms with Gasteiger partial charge < -0.3 is 4.42 Å². The lowest BCUT2D eigenvalue weighted by molar-refractivity contribution is -0.720. The molecule has 0 aliphatic carbocycles. The van der Waals surface area contributed by atoms with Gasteiger partial charge in [-0.25, -0.2) is 0 Å². The Balaban J connectivity index is 1.98. The largest absolute Gasteiger partial charge is 0.455 e. The summed E-state index contributed by atoms with van der Waals surface area (Å²) in [5.41, 5.74) is 6.35. The number of furan rings is 1. The molecule has 5 rings (SSSR count). The molecule has 0 atom stereocenters. The summed E-state index contributed by atoms with van der Waals surface area (Å²) in [5.74, 6) is 0. The Morgan fingerprint density at radius 3 is 2.65 bits per heavy atom. The molecule has 3 nitrogen and oxygen atoms in total. The number of hydrogen-bond donors (Lipinski definition) is 0. The van der Waals surface area contributed by atoms with Crippen molar-refractivity contribution in [3.8, 4) is 11.3 Å². The average molecular weight is 339 g/mol. The Hall–Kier alpha value is -3.20. The zero-order valence-corrected chi connectivity index (χ0v) is 15.1. The molecule has 0 N–H and O–H groups in total. The Morgan fingerprint density at radius 2 is 1.77 bits per heavy atom. The molecule has 0 bridgehead atoms. The van der Waals surface area contributed by atoms with Crippen molar-refractivity contribution in [1.82, 2.24) is 5.10 Å². The number of hydrogen-bond acceptors (Lipinski definition) is 2. The fraction of sp³-hybridized carbons (Fsp3) is 0.130. The van der Waals surface area contributed by atoms with E-state index < -0.39 is 0 Å². The van der Waals surface area contributed by atoms with E-state index in [1.807, 2.05) is 17.9 Å². The van der Waals surface area contributed by atoms with E-state index in [0.29, 0.717) is 0 Å². The van der Waals surface area contributed by atoms with Gasteiger partial charge in [0.2, 0.25) is 5.69 Å². The normalized spacial score (nSPS) is 11.7. The molecule has 0 saturated carbocycles. The highest BCUT2D eigenvalue weighted by molar-refractivity contribution is 6.20. The van der Waals surface area contributed by atoms with Gasteiger partial charge in [-0.1, -0.05) is 47.1 Å². The van der Waals surface area contributed by atoms with Crippen LogP contribution < -0.4 is 4.68 Å². The first kappa shape index (κ1) is 15.1. The van der Waals surface area contributed by atoms with Gasteiger partial charge >= 0.3 is 0 Å². The SMILES string of the molecule is Cc1cn[n+](C)c(-c2c(C)ccc3c2oc2ccc4ccccc4c23)c1. The topological polar surface area (TPSA) is 29.9 Å². The molecule has 0 aliphatic heterocycles. The fourth-order valence-electron chi connectivity index (χ4n) is 3.85. The highest BCUT2D eigenvalue weighted by Crippen LogP contribution is 2.39. The van der Waals surface area contributed by atoms with Gasteiger partial charge in [-0.15, -0.1) is 0 Å². The number of rotatable bonds is 1. The molecule has 0 unspecified atom stereocenters. The van der Waals surface area contributed by atoms with Gasteiger partial charge in [0.25, 0.3) is 0 Å². The second-order valence-electron chi connectivity index (χ2n) is 6.94. The van der Waals surface area contributed by atoms with Gasteiger partial charge in [0.15, 0.2) is 7.05 Å². The summed E-state index contributed by atoms with van der Waals surface area (Å²) in [6.45, 7) is 4.19. The van der Waals surface area contributed by atoms with Gasteiger partial charge in [0.05, 0.1) is 11.8 Å². The van der Waals surface area contributed by atoms with Crippen molar-refractivity contribution in [3.05, 3.63) is 71.9 Å². The summed E-state index contributed by atoms with van der Waals surface area (Å²) >= 11 is 0. The summed E-state index contributed by atoms with van der Waals surface area (Å²) in [4.78, 5) is 0. The van der Waals surface area contributed by atoms with E-state index >= 15 is 0 Å². The van der Waals surface area contributed by atoms with Crippen LogP contribution in [0.2, 0.25) is 0 Å². The molecule has 0 saturated heterocycles. The van der Waals surface area contributed by atoms with Crippen LogP contribution in [0.3, 0.4) is 0 Å². The zero-order valence-electron chi connectivity index (χ0n) is 15.1. The van der Waals surface area contributed by atoms with Gasteiger partial charge in [0, 0.05) is 16.8 Å². The Kier molecular flexibility index (Phi) is 3.13. The minimum atomic E-state index is 0.925. The second kappa shape index (κ2) is 5.40. The van der Waals surface area contributed by atoms with Crippen molar-refractivity contribution in [2.24, 2.45) is 7.05 Å². The van der Waals surface area contributed by atoms with Crippen molar-refractivity contribution in [3.63, 3.8) is 0 Å². The van der Waals surface area contributed by atoms with Crippen molar-refractivity contribution >= 4 is 32.7 Å². The minimum absolute atomic E-state index is 0.925. The molecule has 26 heavy (non-hydrogen) atoms. The van der Waals surface area contributed by atoms with Crippen LogP contribution in [0.4, 0.5) is 0 Å². The van der Waals surface area contributed by atoms with Gasteiger partial charge in [-0.3, -0.25) is 0 Å². The van der Waals surface area contributed by atoms with Crippen LogP contribution in [0.1, 0.15) is 11.1 Å². The third-order valence-corrected chi connectivity index (χ3v) is 5.14. The van der Waals surface area contributed by atoms with Gasteiger partial charge in [-0.2, -0.15) is 0 Å². The summed E-state index contributed by atoms with van der Waals surface area (Å²) < 4.78 is 8.30. The van der Waals surface area contributed by atoms with E-state index in [9.17, 15) is 0 Å². The lowest BCUT2D eigenvalue weighted by Crippen LogP contribution is -2.35. The average Bonchev–Trinajstić information content (AvgIpc) is 3.03. The highest BCUT2D eigenvalue weighted by atomic mass is 16.3. The maximum Gasteiger partial charge on any atom is 0.243 e. The molecular weight excluding hydrogens is 320 g/mol. The fourth-order valence-corrected chi connectivity index (χ4v) is 3.85. The predicted octanol–water partition coefficient (Wildman–Crippen LogP) is 5.24. The van der Waals surface area contributed by atoms with Crippen molar-refractivity contribution in [1.29, 1.82) is 0 Å². The predicted molar refractivity (Wildman–Crippen MR) is 105 cm³/mol. The second-order valence-corrected chi connectivity index (χ2v) is 6.94. The summed E-state index contributed by atoms with van der Waals surface area (Å²) in [6, 6.07) is 19.2. The van der Waals surface area contributed by atoms with E-state index in [-0.39, 0.29) is 0 Å². The zero-order chi connectivity index (χ0) is 17.8. The lowest BCUT2D eigenvalue weighted by atomic mass is 9.98. The molecular formula is C23H19N2O+. The number of fused-ring (bicyclic) bond motifs is 5. The van der Waals surface area contributed by atoms with E-state index in [1.54, 1.807) is 0 Å². The van der Waals surface area contributed by atoms with E-state index in [2.05, 4.69) is 73.5 Å². The third kappa shape index (κ3) is 2.07. The van der Waals surface area contributed by atoms with Crippen LogP contribution in [0.25, 0.3) is 44.0 Å². The van der Waals surface area contributed by atoms with Gasteiger partial charge in [-0.05, 0) is 46.9 Å². The van der Waals surface area contributed by atoms with Gasteiger partial charge in [0.1, 0.15) is 11.2 Å². The molecule has 2 heterocycles. The van der Waals surface area contributed by atoms with E-state index in [1.165, 1.54) is 21.7 Å². The quantitative estimate of drug-likeness (QED) is 0.391. The minimum Gasteiger partial charge on any atom is -0.455 e. The highest BCUT2D eigenvalue weighted by Gasteiger charge is 2.22. The summed E-state index contributed by atoms with van der Waals surface area (Å²) in [7, 11) is 1.98. The van der Waals surface area contributed by atoms with Crippen LogP contribution in [0, 0.1) is 13.8 Å². The molecule has 0 radical (unpaired) electrons. The van der Waals surface area contributed by atoms with E-state index in [0.717, 1.165) is 33.4 Å². The number of benzene rings is 3. The Bertz CT molecular complexity index is 1310. The molecule has 0 spiro atoms. The molecule has 0 aliphatic rings. The molecule has 3 aromatic carbocycles. The third-order valence-electron chi connectivity index (χ3n) is 5.14. The molecule has 5 aromatic rings. The number of aryl methyl sites for hydroxylation is 3. The van der Waals surface area contributed by atoms with Crippen molar-refractivity contribution < 1.29 is 9.10 Å². The number of nitrogens with zero attached hydrogens (tertiary/aromatic N) is 2. The summed E-state index contributed by atoms with van der Waals surface area (Å²) in [6.07, 6.45) is 1.88. The van der Waals surface area contributed by atoms with Crippen LogP contribution >= 0.6 is 0 Å². The van der Waals surface area contributed by atoms with Crippen LogP contribution in [-0.4, -0.2) is 5.10 Å². The van der Waals surface area contributed by atoms with E-state index in [4.69, 9.17) is 4.42 Å². The first-order chi connectivity index (χ1) is 12.6. The smallest absolute Gasteiger partial charge is 0.243 e. The maximum absolute atomic E-state index is 6.38. The molecule has 126 valence electrons. The Morgan fingerprint density at radius 1 is 0.923 bits per heavy atom. The van der Waals surface area contributed by atoms with Crippen molar-refractivity contribution in [2.75, 3.05) is 0 Å². The van der Waals surface area contributed by atoms with Crippen LogP contribution in [0.15, 0.2) is 65.2 Å². The van der Waals surface area contributed by atoms with Crippen molar-refractivity contribution in [2.45, 2.75) is 13.8 Å². The molecule has 0 fully saturated rings. The molecule has 0 amide bonds. The number of aromatic nitrogens is 2. The molecule has 3 heteroatoms. The monoisotopic (exact) mass is 339 g/mol. The van der Waals surface area contributed by atoms with Crippen LogP contribution in [0.5, 0.6) is 0 Å². The lowest BCUT2D eigenvalue weighted by Gasteiger charge is -2.05. The Labute approximate surface area is 151 Å². The standard InChI is InChI=1S/C23H19N2O/c1-14-12-19(25(3)24-13-14)21-15(2)8-10-18-22-17-7-5-4-6-16(17)9-11-20(22)26-23(18)21/h4-13H,1-3H3/q+1. The maximum atomic E-state index is 6.38. The van der Waals surface area contributed by atoms with Crippen LogP contribution in [-0.2, 0) is 7.05 Å².